The standard InChI is InChI=1S/C32H36N2O2/c1-33(2)21-7-12-32(35)29-10-6-11-31(24-29)36-30-19-22-34(23-20-30)25-28-17-15-27(16-18-28)14-13-26-8-4-3-5-9-26/h3-6,8-11,15-18,24,30H,7,12,19-23,25H2,1-2H3. The van der Waals surface area contributed by atoms with Crippen LogP contribution in [0.3, 0.4) is 0 Å². The molecule has 0 atom stereocenters. The molecule has 0 bridgehead atoms. The van der Waals surface area contributed by atoms with Crippen LogP contribution in [0.1, 0.15) is 52.7 Å². The number of benzene rings is 3. The highest BCUT2D eigenvalue weighted by molar-refractivity contribution is 5.96. The van der Waals surface area contributed by atoms with Gasteiger partial charge in [0.25, 0.3) is 0 Å². The van der Waals surface area contributed by atoms with E-state index in [1.807, 2.05) is 68.7 Å². The Morgan fingerprint density at radius 1 is 0.917 bits per heavy atom. The van der Waals surface area contributed by atoms with Crippen LogP contribution in [0.15, 0.2) is 78.9 Å². The molecule has 1 fully saturated rings. The lowest BCUT2D eigenvalue weighted by Gasteiger charge is -2.32. The first-order valence-electron chi connectivity index (χ1n) is 12.9. The summed E-state index contributed by atoms with van der Waals surface area (Å²) in [7, 11) is 4.06. The third kappa shape index (κ3) is 8.09. The Balaban J connectivity index is 1.22. The van der Waals surface area contributed by atoms with Crippen LogP contribution in [0.4, 0.5) is 0 Å². The highest BCUT2D eigenvalue weighted by Crippen LogP contribution is 2.22. The van der Waals surface area contributed by atoms with Crippen molar-refractivity contribution < 1.29 is 9.53 Å². The molecule has 1 aliphatic heterocycles. The van der Waals surface area contributed by atoms with Crippen molar-refractivity contribution in [3.05, 3.63) is 101 Å². The molecule has 1 heterocycles. The zero-order valence-electron chi connectivity index (χ0n) is 21.5. The lowest BCUT2D eigenvalue weighted by atomic mass is 10.0. The summed E-state index contributed by atoms with van der Waals surface area (Å²) in [5.41, 5.74) is 4.12. The average molecular weight is 481 g/mol. The predicted molar refractivity (Wildman–Crippen MR) is 146 cm³/mol. The van der Waals surface area contributed by atoms with Gasteiger partial charge in [0.05, 0.1) is 0 Å². The molecule has 4 rings (SSSR count). The first-order chi connectivity index (χ1) is 17.5. The monoisotopic (exact) mass is 480 g/mol. The molecule has 0 spiro atoms. The molecule has 0 aromatic heterocycles. The maximum Gasteiger partial charge on any atom is 0.163 e. The fraction of sp³-hybridized carbons (Fsp3) is 0.344. The van der Waals surface area contributed by atoms with E-state index in [9.17, 15) is 4.79 Å². The second kappa shape index (κ2) is 13.1. The fourth-order valence-electron chi connectivity index (χ4n) is 4.44. The second-order valence-corrected chi connectivity index (χ2v) is 9.76. The van der Waals surface area contributed by atoms with Crippen molar-refractivity contribution in [3.63, 3.8) is 0 Å². The van der Waals surface area contributed by atoms with Crippen LogP contribution < -0.4 is 4.74 Å². The zero-order chi connectivity index (χ0) is 25.2. The minimum Gasteiger partial charge on any atom is -0.490 e. The molecule has 4 heteroatoms. The molecule has 1 aliphatic rings. The van der Waals surface area contributed by atoms with Crippen LogP contribution in [0, 0.1) is 11.8 Å². The molecular weight excluding hydrogens is 444 g/mol. The maximum atomic E-state index is 12.5. The summed E-state index contributed by atoms with van der Waals surface area (Å²) < 4.78 is 6.26. The summed E-state index contributed by atoms with van der Waals surface area (Å²) in [6.07, 6.45) is 3.61. The third-order valence-electron chi connectivity index (χ3n) is 6.49. The van der Waals surface area contributed by atoms with Crippen molar-refractivity contribution in [1.82, 2.24) is 9.80 Å². The van der Waals surface area contributed by atoms with Crippen LogP contribution in [0.2, 0.25) is 0 Å². The highest BCUT2D eigenvalue weighted by Gasteiger charge is 2.21. The van der Waals surface area contributed by atoms with Gasteiger partial charge in [0, 0.05) is 42.7 Å². The van der Waals surface area contributed by atoms with Crippen molar-refractivity contribution in [2.24, 2.45) is 0 Å². The minimum atomic E-state index is 0.189. The van der Waals surface area contributed by atoms with E-state index in [1.54, 1.807) is 0 Å². The van der Waals surface area contributed by atoms with E-state index in [0.29, 0.717) is 6.42 Å². The van der Waals surface area contributed by atoms with Crippen LogP contribution in [-0.2, 0) is 6.54 Å². The van der Waals surface area contributed by atoms with Gasteiger partial charge in [-0.15, -0.1) is 0 Å². The van der Waals surface area contributed by atoms with Gasteiger partial charge < -0.3 is 9.64 Å². The topological polar surface area (TPSA) is 32.8 Å². The number of carbonyl (C=O) groups excluding carboxylic acids is 1. The average Bonchev–Trinajstić information content (AvgIpc) is 2.90. The normalized spacial score (nSPS) is 14.3. The van der Waals surface area contributed by atoms with Crippen molar-refractivity contribution in [3.8, 4) is 17.6 Å². The number of nitrogens with zero attached hydrogens (tertiary/aromatic N) is 2. The van der Waals surface area contributed by atoms with Crippen molar-refractivity contribution in [1.29, 1.82) is 0 Å². The largest absolute Gasteiger partial charge is 0.490 e. The minimum absolute atomic E-state index is 0.189. The summed E-state index contributed by atoms with van der Waals surface area (Å²) in [6.45, 7) is 3.87. The Morgan fingerprint density at radius 2 is 1.61 bits per heavy atom. The summed E-state index contributed by atoms with van der Waals surface area (Å²) in [4.78, 5) is 17.1. The fourth-order valence-corrected chi connectivity index (χ4v) is 4.44. The number of hydrogen-bond donors (Lipinski definition) is 0. The van der Waals surface area contributed by atoms with Gasteiger partial charge in [0.2, 0.25) is 0 Å². The molecule has 3 aromatic rings. The van der Waals surface area contributed by atoms with Crippen LogP contribution in [0.5, 0.6) is 5.75 Å². The zero-order valence-corrected chi connectivity index (χ0v) is 21.5. The van der Waals surface area contributed by atoms with E-state index >= 15 is 0 Å². The van der Waals surface area contributed by atoms with Crippen LogP contribution >= 0.6 is 0 Å². The third-order valence-corrected chi connectivity index (χ3v) is 6.49. The maximum absolute atomic E-state index is 12.5. The van der Waals surface area contributed by atoms with E-state index in [2.05, 4.69) is 45.9 Å². The molecular formula is C32H36N2O2. The number of rotatable bonds is 9. The van der Waals surface area contributed by atoms with Gasteiger partial charge in [-0.2, -0.15) is 0 Å². The summed E-state index contributed by atoms with van der Waals surface area (Å²) >= 11 is 0. The van der Waals surface area contributed by atoms with Gasteiger partial charge in [-0.1, -0.05) is 54.3 Å². The van der Waals surface area contributed by atoms with Gasteiger partial charge in [0.1, 0.15) is 11.9 Å². The lowest BCUT2D eigenvalue weighted by Crippen LogP contribution is -2.37. The van der Waals surface area contributed by atoms with E-state index in [-0.39, 0.29) is 11.9 Å². The second-order valence-electron chi connectivity index (χ2n) is 9.76. The number of Topliss-reactive ketones (excluding diaryl/α,β-unsaturated/α-hetero) is 1. The first kappa shape index (κ1) is 25.7. The molecule has 0 radical (unpaired) electrons. The van der Waals surface area contributed by atoms with Gasteiger partial charge >= 0.3 is 0 Å². The van der Waals surface area contributed by atoms with Gasteiger partial charge in [-0.3, -0.25) is 9.69 Å². The summed E-state index contributed by atoms with van der Waals surface area (Å²) in [5, 5.41) is 0. The first-order valence-corrected chi connectivity index (χ1v) is 12.9. The molecule has 0 aliphatic carbocycles. The molecule has 0 unspecified atom stereocenters. The molecule has 3 aromatic carbocycles. The van der Waals surface area contributed by atoms with Gasteiger partial charge in [-0.05, 0) is 81.9 Å². The Kier molecular flexibility index (Phi) is 9.33. The smallest absolute Gasteiger partial charge is 0.163 e. The van der Waals surface area contributed by atoms with Crippen LogP contribution in [-0.4, -0.2) is 55.4 Å². The van der Waals surface area contributed by atoms with E-state index in [0.717, 1.165) is 67.9 Å². The molecule has 36 heavy (non-hydrogen) atoms. The molecule has 0 saturated carbocycles. The number of ether oxygens (including phenoxy) is 1. The number of likely N-dealkylation sites (tertiary alicyclic amines) is 1. The molecule has 4 nitrogen and oxygen atoms in total. The Hall–Kier alpha value is -3.39. The number of hydrogen-bond acceptors (Lipinski definition) is 4. The Labute approximate surface area is 215 Å². The van der Waals surface area contributed by atoms with Crippen LogP contribution in [0.25, 0.3) is 0 Å². The summed E-state index contributed by atoms with van der Waals surface area (Å²) in [5.74, 6) is 7.45. The van der Waals surface area contributed by atoms with Gasteiger partial charge in [0.15, 0.2) is 5.78 Å². The number of ketones is 1. The molecule has 1 saturated heterocycles. The quantitative estimate of drug-likeness (QED) is 0.293. The Morgan fingerprint density at radius 3 is 2.31 bits per heavy atom. The lowest BCUT2D eigenvalue weighted by molar-refractivity contribution is 0.0949. The number of piperidine rings is 1. The van der Waals surface area contributed by atoms with E-state index in [1.165, 1.54) is 5.56 Å². The van der Waals surface area contributed by atoms with Gasteiger partial charge in [-0.25, -0.2) is 0 Å². The molecule has 186 valence electrons. The Bertz CT molecular complexity index is 1170. The van der Waals surface area contributed by atoms with Crippen molar-refractivity contribution in [2.75, 3.05) is 33.7 Å². The van der Waals surface area contributed by atoms with Crippen molar-refractivity contribution in [2.45, 2.75) is 38.3 Å². The highest BCUT2D eigenvalue weighted by atomic mass is 16.5. The van der Waals surface area contributed by atoms with E-state index in [4.69, 9.17) is 4.74 Å². The van der Waals surface area contributed by atoms with E-state index < -0.39 is 0 Å². The molecule has 0 amide bonds. The predicted octanol–water partition coefficient (Wildman–Crippen LogP) is 5.65. The SMILES string of the molecule is CN(C)CCCC(=O)c1cccc(OC2CCN(Cc3ccc(C#Cc4ccccc4)cc3)CC2)c1. The molecule has 0 N–H and O–H groups in total. The van der Waals surface area contributed by atoms with Crippen molar-refractivity contribution >= 4 is 5.78 Å². The number of carbonyl (C=O) groups is 1. The summed E-state index contributed by atoms with van der Waals surface area (Å²) in [6, 6.07) is 26.3.